The van der Waals surface area contributed by atoms with Crippen LogP contribution in [0.2, 0.25) is 0 Å². The van der Waals surface area contributed by atoms with E-state index in [0.717, 1.165) is 0 Å². The molecule has 0 saturated carbocycles. The molecule has 1 fully saturated rings. The van der Waals surface area contributed by atoms with E-state index in [4.69, 9.17) is 5.73 Å². The molecule has 8 heteroatoms. The highest BCUT2D eigenvalue weighted by atomic mass is 19.1. The maximum atomic E-state index is 13.1. The molecule has 128 valence electrons. The summed E-state index contributed by atoms with van der Waals surface area (Å²) in [5, 5.41) is 15.2. The molecule has 2 aliphatic heterocycles. The number of piperidine rings is 1. The Balaban J connectivity index is 1.81. The summed E-state index contributed by atoms with van der Waals surface area (Å²) in [6.45, 7) is 0.910. The van der Waals surface area contributed by atoms with Crippen LogP contribution in [0.5, 0.6) is 0 Å². The lowest BCUT2D eigenvalue weighted by Gasteiger charge is -2.29. The van der Waals surface area contributed by atoms with Crippen molar-refractivity contribution in [3.63, 3.8) is 0 Å². The number of aliphatic hydroxyl groups excluding tert-OH is 1. The van der Waals surface area contributed by atoms with Crippen molar-refractivity contribution in [3.8, 4) is 0 Å². The minimum absolute atomic E-state index is 0.116. The van der Waals surface area contributed by atoms with Crippen molar-refractivity contribution < 1.29 is 19.1 Å². The SMILES string of the molecule is NC(=O)C1CC(C(=O)N2CCC(O)CC2)=NN1c1ccc(F)cc1. The maximum Gasteiger partial charge on any atom is 0.270 e. The molecule has 0 radical (unpaired) electrons. The van der Waals surface area contributed by atoms with Gasteiger partial charge in [0.25, 0.3) is 5.91 Å². The minimum Gasteiger partial charge on any atom is -0.393 e. The Morgan fingerprint density at radius 2 is 1.83 bits per heavy atom. The zero-order valence-electron chi connectivity index (χ0n) is 13.1. The van der Waals surface area contributed by atoms with E-state index in [9.17, 15) is 19.1 Å². The second kappa shape index (κ2) is 6.56. The second-order valence-electron chi connectivity index (χ2n) is 6.01. The van der Waals surface area contributed by atoms with Gasteiger partial charge in [-0.15, -0.1) is 0 Å². The van der Waals surface area contributed by atoms with Crippen molar-refractivity contribution in [3.05, 3.63) is 30.1 Å². The first kappa shape index (κ1) is 16.4. The third-order valence-corrected chi connectivity index (χ3v) is 4.33. The fraction of sp³-hybridized carbons (Fsp3) is 0.438. The molecule has 0 aliphatic carbocycles. The first-order valence-electron chi connectivity index (χ1n) is 7.84. The monoisotopic (exact) mass is 334 g/mol. The van der Waals surface area contributed by atoms with E-state index in [1.165, 1.54) is 29.3 Å². The van der Waals surface area contributed by atoms with E-state index in [1.54, 1.807) is 4.90 Å². The van der Waals surface area contributed by atoms with Gasteiger partial charge in [-0.25, -0.2) is 4.39 Å². The quantitative estimate of drug-likeness (QED) is 0.826. The molecule has 1 unspecified atom stereocenters. The summed E-state index contributed by atoms with van der Waals surface area (Å²) < 4.78 is 13.1. The molecule has 1 saturated heterocycles. The number of halogens is 1. The van der Waals surface area contributed by atoms with Gasteiger partial charge >= 0.3 is 0 Å². The Kier molecular flexibility index (Phi) is 4.48. The van der Waals surface area contributed by atoms with Gasteiger partial charge in [-0.2, -0.15) is 5.10 Å². The van der Waals surface area contributed by atoms with Crippen LogP contribution in [0.4, 0.5) is 10.1 Å². The van der Waals surface area contributed by atoms with Crippen LogP contribution >= 0.6 is 0 Å². The molecule has 24 heavy (non-hydrogen) atoms. The summed E-state index contributed by atoms with van der Waals surface area (Å²) in [6.07, 6.45) is 0.790. The Morgan fingerprint density at radius 1 is 1.21 bits per heavy atom. The van der Waals surface area contributed by atoms with Crippen LogP contribution in [0, 0.1) is 5.82 Å². The Labute approximate surface area is 138 Å². The number of primary amides is 1. The number of nitrogens with two attached hydrogens (primary N) is 1. The first-order chi connectivity index (χ1) is 11.5. The Bertz CT molecular complexity index is 668. The van der Waals surface area contributed by atoms with Crippen LogP contribution in [0.3, 0.4) is 0 Å². The fourth-order valence-electron chi connectivity index (χ4n) is 2.94. The number of nitrogens with zero attached hydrogens (tertiary/aromatic N) is 3. The highest BCUT2D eigenvalue weighted by Crippen LogP contribution is 2.26. The summed E-state index contributed by atoms with van der Waals surface area (Å²) >= 11 is 0. The topological polar surface area (TPSA) is 99.2 Å². The number of hydrazone groups is 1. The average Bonchev–Trinajstić information content (AvgIpc) is 3.01. The van der Waals surface area contributed by atoms with Crippen LogP contribution < -0.4 is 10.7 Å². The van der Waals surface area contributed by atoms with Crippen molar-refractivity contribution >= 4 is 23.2 Å². The molecule has 0 bridgehead atoms. The molecule has 0 spiro atoms. The van der Waals surface area contributed by atoms with Crippen molar-refractivity contribution in [2.75, 3.05) is 18.1 Å². The van der Waals surface area contributed by atoms with Crippen molar-refractivity contribution in [2.45, 2.75) is 31.4 Å². The molecular formula is C16H19FN4O3. The molecule has 2 amide bonds. The zero-order chi connectivity index (χ0) is 17.3. The zero-order valence-corrected chi connectivity index (χ0v) is 13.1. The van der Waals surface area contributed by atoms with Crippen LogP contribution in [0.25, 0.3) is 0 Å². The lowest BCUT2D eigenvalue weighted by atomic mass is 10.1. The third-order valence-electron chi connectivity index (χ3n) is 4.33. The summed E-state index contributed by atoms with van der Waals surface area (Å²) in [6, 6.07) is 4.72. The molecule has 0 aromatic heterocycles. The standard InChI is InChI=1S/C16H19FN4O3/c17-10-1-3-11(4-2-10)21-14(15(18)23)9-13(19-21)16(24)20-7-5-12(22)6-8-20/h1-4,12,14,22H,5-9H2,(H2,18,23). The molecule has 2 aliphatic rings. The number of carbonyl (C=O) groups is 2. The number of hydrogen-bond acceptors (Lipinski definition) is 5. The minimum atomic E-state index is -0.773. The van der Waals surface area contributed by atoms with E-state index in [-0.39, 0.29) is 24.1 Å². The van der Waals surface area contributed by atoms with Gasteiger partial charge in [0.05, 0.1) is 11.8 Å². The molecule has 3 N–H and O–H groups in total. The fourth-order valence-corrected chi connectivity index (χ4v) is 2.94. The van der Waals surface area contributed by atoms with E-state index in [0.29, 0.717) is 31.6 Å². The maximum absolute atomic E-state index is 13.1. The summed E-state index contributed by atoms with van der Waals surface area (Å²) in [7, 11) is 0. The Hall–Kier alpha value is -2.48. The average molecular weight is 334 g/mol. The van der Waals surface area contributed by atoms with Gasteiger partial charge in [-0.1, -0.05) is 0 Å². The van der Waals surface area contributed by atoms with Gasteiger partial charge in [0.15, 0.2) is 0 Å². The van der Waals surface area contributed by atoms with Crippen molar-refractivity contribution in [1.29, 1.82) is 0 Å². The van der Waals surface area contributed by atoms with Gasteiger partial charge < -0.3 is 15.7 Å². The van der Waals surface area contributed by atoms with Gasteiger partial charge in [0.2, 0.25) is 5.91 Å². The smallest absolute Gasteiger partial charge is 0.270 e. The largest absolute Gasteiger partial charge is 0.393 e. The van der Waals surface area contributed by atoms with Gasteiger partial charge in [-0.05, 0) is 37.1 Å². The van der Waals surface area contributed by atoms with Crippen LogP contribution in [0.15, 0.2) is 29.4 Å². The lowest BCUT2D eigenvalue weighted by Crippen LogP contribution is -2.44. The van der Waals surface area contributed by atoms with Crippen molar-refractivity contribution in [1.82, 2.24) is 4.90 Å². The second-order valence-corrected chi connectivity index (χ2v) is 6.01. The highest BCUT2D eigenvalue weighted by molar-refractivity contribution is 6.40. The normalized spacial score (nSPS) is 21.8. The number of hydrogen-bond donors (Lipinski definition) is 2. The molecule has 1 atom stereocenters. The number of rotatable bonds is 3. The van der Waals surface area contributed by atoms with Gasteiger partial charge in [0.1, 0.15) is 17.6 Å². The van der Waals surface area contributed by atoms with E-state index < -0.39 is 17.8 Å². The molecule has 1 aromatic rings. The number of aliphatic hydroxyl groups is 1. The highest BCUT2D eigenvalue weighted by Gasteiger charge is 2.37. The predicted octanol–water partition coefficient (Wildman–Crippen LogP) is 0.229. The molecule has 3 rings (SSSR count). The van der Waals surface area contributed by atoms with Gasteiger partial charge in [-0.3, -0.25) is 14.6 Å². The molecule has 7 nitrogen and oxygen atoms in total. The lowest BCUT2D eigenvalue weighted by molar-refractivity contribution is -0.126. The number of carbonyl (C=O) groups excluding carboxylic acids is 2. The number of amides is 2. The summed E-state index contributed by atoms with van der Waals surface area (Å²) in [5.41, 5.74) is 6.18. The molecular weight excluding hydrogens is 315 g/mol. The predicted molar refractivity (Wildman–Crippen MR) is 85.7 cm³/mol. The molecule has 2 heterocycles. The number of likely N-dealkylation sites (tertiary alicyclic amines) is 1. The van der Waals surface area contributed by atoms with Crippen LogP contribution in [-0.4, -0.2) is 52.8 Å². The first-order valence-corrected chi connectivity index (χ1v) is 7.84. The number of anilines is 1. The number of benzene rings is 1. The van der Waals surface area contributed by atoms with Crippen LogP contribution in [-0.2, 0) is 9.59 Å². The third kappa shape index (κ3) is 3.23. The van der Waals surface area contributed by atoms with E-state index in [2.05, 4.69) is 5.10 Å². The van der Waals surface area contributed by atoms with Crippen LogP contribution in [0.1, 0.15) is 19.3 Å². The molecule has 1 aromatic carbocycles. The van der Waals surface area contributed by atoms with E-state index >= 15 is 0 Å². The Morgan fingerprint density at radius 3 is 2.42 bits per heavy atom. The van der Waals surface area contributed by atoms with E-state index in [1.807, 2.05) is 0 Å². The van der Waals surface area contributed by atoms with Gasteiger partial charge in [0, 0.05) is 19.5 Å². The van der Waals surface area contributed by atoms with Crippen molar-refractivity contribution in [2.24, 2.45) is 10.8 Å². The summed E-state index contributed by atoms with van der Waals surface area (Å²) in [5.74, 6) is -1.25. The summed E-state index contributed by atoms with van der Waals surface area (Å²) in [4.78, 5) is 25.9.